The number of quaternary nitrogens is 1. The van der Waals surface area contributed by atoms with Crippen LogP contribution in [-0.4, -0.2) is 25.9 Å². The van der Waals surface area contributed by atoms with Crippen LogP contribution >= 0.6 is 0 Å². The molecule has 1 fully saturated rings. The fraction of sp³-hybridized carbons (Fsp3) is 0.875. The molecule has 0 bridgehead atoms. The van der Waals surface area contributed by atoms with Gasteiger partial charge >= 0.3 is 0 Å². The van der Waals surface area contributed by atoms with E-state index in [1.54, 1.807) is 6.92 Å². The van der Waals surface area contributed by atoms with Crippen molar-refractivity contribution in [2.45, 2.75) is 19.8 Å². The maximum absolute atomic E-state index is 10.9. The number of rotatable bonds is 1. The summed E-state index contributed by atoms with van der Waals surface area (Å²) in [5, 5.41) is 0. The Balaban J connectivity index is 2.39. The molecule has 1 N–H and O–H groups in total. The minimum absolute atomic E-state index is 0.355. The summed E-state index contributed by atoms with van der Waals surface area (Å²) >= 11 is 0. The van der Waals surface area contributed by atoms with Crippen LogP contribution in [0, 0.1) is 5.92 Å². The second kappa shape index (κ2) is 3.15. The van der Waals surface area contributed by atoms with Crippen LogP contribution in [0.2, 0.25) is 0 Å². The molecule has 1 aliphatic rings. The van der Waals surface area contributed by atoms with Gasteiger partial charge in [0.15, 0.2) is 0 Å². The van der Waals surface area contributed by atoms with Gasteiger partial charge in [-0.1, -0.05) is 0 Å². The normalized spacial score (nSPS) is 33.8. The number of piperidine rings is 1. The van der Waals surface area contributed by atoms with Crippen LogP contribution in [0.15, 0.2) is 0 Å². The molecule has 0 radical (unpaired) electrons. The summed E-state index contributed by atoms with van der Waals surface area (Å²) in [7, 11) is 2.16. The summed E-state index contributed by atoms with van der Waals surface area (Å²) in [5.74, 6) is 0.729. The number of Topliss-reactive ketones (excluding diaryl/α,β-unsaturated/α-hetero) is 1. The zero-order valence-corrected chi connectivity index (χ0v) is 6.81. The van der Waals surface area contributed by atoms with Crippen LogP contribution in [0.3, 0.4) is 0 Å². The molecule has 1 heterocycles. The first-order valence-corrected chi connectivity index (χ1v) is 4.02. The first kappa shape index (κ1) is 7.73. The third-order valence-electron chi connectivity index (χ3n) is 2.33. The average Bonchev–Trinajstić information content (AvgIpc) is 1.88. The third-order valence-corrected chi connectivity index (χ3v) is 2.33. The Kier molecular flexibility index (Phi) is 2.44. The van der Waals surface area contributed by atoms with Gasteiger partial charge in [0.05, 0.1) is 26.1 Å². The number of hydrogen-bond acceptors (Lipinski definition) is 1. The van der Waals surface area contributed by atoms with Gasteiger partial charge in [0.1, 0.15) is 5.78 Å². The largest absolute Gasteiger partial charge is 0.337 e. The van der Waals surface area contributed by atoms with Gasteiger partial charge in [0, 0.05) is 0 Å². The van der Waals surface area contributed by atoms with Crippen molar-refractivity contribution in [2.24, 2.45) is 5.92 Å². The zero-order chi connectivity index (χ0) is 7.56. The minimum Gasteiger partial charge on any atom is -0.337 e. The van der Waals surface area contributed by atoms with Crippen LogP contribution in [0.4, 0.5) is 0 Å². The molecule has 58 valence electrons. The first-order valence-electron chi connectivity index (χ1n) is 4.02. The molecule has 2 nitrogen and oxygen atoms in total. The number of hydrogen-bond donors (Lipinski definition) is 1. The van der Waals surface area contributed by atoms with Crippen LogP contribution in [-0.2, 0) is 4.79 Å². The average molecular weight is 142 g/mol. The predicted molar refractivity (Wildman–Crippen MR) is 40.0 cm³/mol. The van der Waals surface area contributed by atoms with Gasteiger partial charge in [-0.3, -0.25) is 4.79 Å². The lowest BCUT2D eigenvalue weighted by Crippen LogP contribution is -3.10. The van der Waals surface area contributed by atoms with Crippen molar-refractivity contribution in [3.8, 4) is 0 Å². The molecular formula is C8H16NO+. The van der Waals surface area contributed by atoms with Gasteiger partial charge in [0.2, 0.25) is 0 Å². The molecule has 0 aliphatic carbocycles. The smallest absolute Gasteiger partial charge is 0.138 e. The van der Waals surface area contributed by atoms with Crippen molar-refractivity contribution >= 4 is 5.78 Å². The van der Waals surface area contributed by atoms with E-state index in [4.69, 9.17) is 0 Å². The Morgan fingerprint density at radius 2 is 2.30 bits per heavy atom. The maximum atomic E-state index is 10.9. The lowest BCUT2D eigenvalue weighted by molar-refractivity contribution is -0.887. The molecule has 2 heteroatoms. The van der Waals surface area contributed by atoms with Crippen LogP contribution in [0.25, 0.3) is 0 Å². The highest BCUT2D eigenvalue weighted by molar-refractivity contribution is 5.78. The minimum atomic E-state index is 0.355. The fourth-order valence-corrected chi connectivity index (χ4v) is 1.62. The molecule has 10 heavy (non-hydrogen) atoms. The Bertz CT molecular complexity index is 133. The Morgan fingerprint density at radius 1 is 1.60 bits per heavy atom. The van der Waals surface area contributed by atoms with Crippen molar-refractivity contribution in [1.82, 2.24) is 0 Å². The molecular weight excluding hydrogens is 126 g/mol. The van der Waals surface area contributed by atoms with E-state index in [0.717, 1.165) is 13.0 Å². The lowest BCUT2D eigenvalue weighted by Gasteiger charge is -2.24. The van der Waals surface area contributed by atoms with Gasteiger partial charge in [-0.05, 0) is 19.8 Å². The summed E-state index contributed by atoms with van der Waals surface area (Å²) in [6, 6.07) is 0. The Labute approximate surface area is 62.2 Å². The van der Waals surface area contributed by atoms with E-state index in [2.05, 4.69) is 7.05 Å². The number of likely N-dealkylation sites (tertiary alicyclic amines) is 1. The second-order valence-electron chi connectivity index (χ2n) is 3.36. The van der Waals surface area contributed by atoms with Gasteiger partial charge in [0.25, 0.3) is 0 Å². The van der Waals surface area contributed by atoms with Crippen LogP contribution in [0.1, 0.15) is 19.8 Å². The summed E-state index contributed by atoms with van der Waals surface area (Å²) in [6.45, 7) is 4.00. The molecule has 1 saturated heterocycles. The number of carbonyl (C=O) groups is 1. The van der Waals surface area contributed by atoms with E-state index in [1.807, 2.05) is 0 Å². The Hall–Kier alpha value is -0.370. The van der Waals surface area contributed by atoms with Crippen molar-refractivity contribution in [2.75, 3.05) is 20.1 Å². The van der Waals surface area contributed by atoms with Gasteiger partial charge in [-0.2, -0.15) is 0 Å². The Morgan fingerprint density at radius 3 is 2.70 bits per heavy atom. The van der Waals surface area contributed by atoms with Gasteiger partial charge in [-0.15, -0.1) is 0 Å². The van der Waals surface area contributed by atoms with Crippen molar-refractivity contribution < 1.29 is 9.69 Å². The molecule has 2 unspecified atom stereocenters. The maximum Gasteiger partial charge on any atom is 0.138 e. The van der Waals surface area contributed by atoms with Crippen molar-refractivity contribution in [3.05, 3.63) is 0 Å². The SMILES string of the molecule is CC(=O)C1CCC[NH+](C)C1. The van der Waals surface area contributed by atoms with E-state index < -0.39 is 0 Å². The number of carbonyl (C=O) groups excluding carboxylic acids is 1. The van der Waals surface area contributed by atoms with E-state index in [0.29, 0.717) is 11.7 Å². The van der Waals surface area contributed by atoms with E-state index in [-0.39, 0.29) is 0 Å². The van der Waals surface area contributed by atoms with Gasteiger partial charge in [-0.25, -0.2) is 0 Å². The number of ketones is 1. The highest BCUT2D eigenvalue weighted by atomic mass is 16.1. The molecule has 0 saturated carbocycles. The molecule has 0 aromatic rings. The van der Waals surface area contributed by atoms with Crippen LogP contribution in [0.5, 0.6) is 0 Å². The van der Waals surface area contributed by atoms with Crippen LogP contribution < -0.4 is 4.90 Å². The van der Waals surface area contributed by atoms with Gasteiger partial charge < -0.3 is 4.90 Å². The molecule has 0 amide bonds. The summed E-state index contributed by atoms with van der Waals surface area (Å²) in [4.78, 5) is 12.4. The lowest BCUT2D eigenvalue weighted by atomic mass is 9.95. The van der Waals surface area contributed by atoms with Crippen molar-refractivity contribution in [3.63, 3.8) is 0 Å². The monoisotopic (exact) mass is 142 g/mol. The molecule has 1 rings (SSSR count). The summed E-state index contributed by atoms with van der Waals surface area (Å²) < 4.78 is 0. The molecule has 0 aromatic carbocycles. The zero-order valence-electron chi connectivity index (χ0n) is 6.81. The first-order chi connectivity index (χ1) is 4.70. The summed E-state index contributed by atoms with van der Waals surface area (Å²) in [6.07, 6.45) is 2.34. The topological polar surface area (TPSA) is 21.5 Å². The standard InChI is InChI=1S/C8H15NO/c1-7(10)8-4-3-5-9(2)6-8/h8H,3-6H2,1-2H3/p+1. The highest BCUT2D eigenvalue weighted by Crippen LogP contribution is 2.07. The third kappa shape index (κ3) is 1.81. The van der Waals surface area contributed by atoms with E-state index in [1.165, 1.54) is 17.9 Å². The number of nitrogens with one attached hydrogen (secondary N) is 1. The van der Waals surface area contributed by atoms with E-state index >= 15 is 0 Å². The summed E-state index contributed by atoms with van der Waals surface area (Å²) in [5.41, 5.74) is 0. The predicted octanol–water partition coefficient (Wildman–Crippen LogP) is -0.500. The fourth-order valence-electron chi connectivity index (χ4n) is 1.62. The van der Waals surface area contributed by atoms with Crippen molar-refractivity contribution in [1.29, 1.82) is 0 Å². The molecule has 2 atom stereocenters. The van der Waals surface area contributed by atoms with E-state index in [9.17, 15) is 4.79 Å². The second-order valence-corrected chi connectivity index (χ2v) is 3.36. The molecule has 0 aromatic heterocycles. The molecule has 1 aliphatic heterocycles. The highest BCUT2D eigenvalue weighted by Gasteiger charge is 2.23. The quantitative estimate of drug-likeness (QED) is 0.523. The molecule has 0 spiro atoms.